The molecule has 4 aromatic rings. The van der Waals surface area contributed by atoms with Crippen LogP contribution in [0.5, 0.6) is 5.75 Å². The van der Waals surface area contributed by atoms with Crippen LogP contribution in [0.3, 0.4) is 0 Å². The molecular weight excluding hydrogens is 480 g/mol. The summed E-state index contributed by atoms with van der Waals surface area (Å²) in [7, 11) is 1.70. The fraction of sp³-hybridized carbons (Fsp3) is 0.290. The van der Waals surface area contributed by atoms with Crippen LogP contribution < -0.4 is 4.74 Å². The van der Waals surface area contributed by atoms with Crippen molar-refractivity contribution in [3.63, 3.8) is 0 Å². The smallest absolute Gasteiger partial charge is 0.422 e. The van der Waals surface area contributed by atoms with E-state index in [0.29, 0.717) is 30.4 Å². The summed E-state index contributed by atoms with van der Waals surface area (Å²) in [4.78, 5) is 0. The second-order valence-electron chi connectivity index (χ2n) is 9.20. The van der Waals surface area contributed by atoms with Gasteiger partial charge in [-0.15, -0.1) is 0 Å². The van der Waals surface area contributed by atoms with Gasteiger partial charge < -0.3 is 9.47 Å². The van der Waals surface area contributed by atoms with Crippen molar-refractivity contribution < 1.29 is 27.0 Å². The zero-order chi connectivity index (χ0) is 26.3. The molecule has 0 radical (unpaired) electrons. The molecule has 0 bridgehead atoms. The lowest BCUT2D eigenvalue weighted by Gasteiger charge is -2.11. The van der Waals surface area contributed by atoms with E-state index in [-0.39, 0.29) is 11.6 Å². The minimum Gasteiger partial charge on any atom is -0.484 e. The van der Waals surface area contributed by atoms with Gasteiger partial charge in [-0.25, -0.2) is 4.39 Å². The van der Waals surface area contributed by atoms with E-state index in [9.17, 15) is 13.2 Å². The molecule has 2 nitrogen and oxygen atoms in total. The van der Waals surface area contributed by atoms with Gasteiger partial charge >= 0.3 is 6.18 Å². The fourth-order valence-electron chi connectivity index (χ4n) is 4.31. The van der Waals surface area contributed by atoms with Crippen molar-refractivity contribution in [2.45, 2.75) is 38.3 Å². The Hall–Kier alpha value is -3.38. The Kier molecular flexibility index (Phi) is 8.82. The first-order valence-electron chi connectivity index (χ1n) is 12.4. The summed E-state index contributed by atoms with van der Waals surface area (Å²) in [5, 5.41) is 1.47. The van der Waals surface area contributed by atoms with Crippen LogP contribution in [-0.2, 0) is 36.8 Å². The third kappa shape index (κ3) is 7.80. The Morgan fingerprint density at radius 1 is 0.649 bits per heavy atom. The van der Waals surface area contributed by atoms with Crippen LogP contribution in [0, 0.1) is 5.82 Å². The number of halogens is 4. The van der Waals surface area contributed by atoms with Crippen LogP contribution >= 0.6 is 0 Å². The zero-order valence-corrected chi connectivity index (χ0v) is 20.8. The molecule has 4 rings (SSSR count). The van der Waals surface area contributed by atoms with Crippen molar-refractivity contribution in [1.82, 2.24) is 0 Å². The van der Waals surface area contributed by atoms with Crippen LogP contribution in [0.1, 0.15) is 27.8 Å². The zero-order valence-electron chi connectivity index (χ0n) is 20.8. The van der Waals surface area contributed by atoms with Gasteiger partial charge in [0, 0.05) is 12.5 Å². The Labute approximate surface area is 214 Å². The van der Waals surface area contributed by atoms with Gasteiger partial charge in [0.05, 0.1) is 6.61 Å². The maximum Gasteiger partial charge on any atom is 0.422 e. The maximum absolute atomic E-state index is 15.2. The van der Waals surface area contributed by atoms with Gasteiger partial charge in [-0.3, -0.25) is 0 Å². The number of hydrogen-bond acceptors (Lipinski definition) is 2. The first kappa shape index (κ1) is 26.7. The summed E-state index contributed by atoms with van der Waals surface area (Å²) >= 11 is 0. The Morgan fingerprint density at radius 3 is 1.86 bits per heavy atom. The molecule has 0 spiro atoms. The van der Waals surface area contributed by atoms with Gasteiger partial charge in [0.1, 0.15) is 11.6 Å². The highest BCUT2D eigenvalue weighted by atomic mass is 19.4. The highest BCUT2D eigenvalue weighted by molar-refractivity contribution is 5.84. The van der Waals surface area contributed by atoms with Crippen molar-refractivity contribution in [2.24, 2.45) is 0 Å². The number of fused-ring (bicyclic) bond motifs is 1. The molecule has 0 amide bonds. The third-order valence-electron chi connectivity index (χ3n) is 6.43. The van der Waals surface area contributed by atoms with E-state index in [1.54, 1.807) is 19.2 Å². The summed E-state index contributed by atoms with van der Waals surface area (Å²) in [6.45, 7) is -0.607. The van der Waals surface area contributed by atoms with Crippen LogP contribution in [0.4, 0.5) is 17.6 Å². The molecule has 0 atom stereocenters. The molecule has 0 N–H and O–H groups in total. The number of hydrogen-bond donors (Lipinski definition) is 0. The Balaban J connectivity index is 1.34. The SMILES string of the molecule is COCCc1ccc(CCc2ccc3c(F)c(CCc4ccc(OCC(F)(F)F)cc4)ccc3c2)cc1. The van der Waals surface area contributed by atoms with Gasteiger partial charge in [0.25, 0.3) is 0 Å². The molecule has 37 heavy (non-hydrogen) atoms. The largest absolute Gasteiger partial charge is 0.484 e. The first-order valence-corrected chi connectivity index (χ1v) is 12.4. The summed E-state index contributed by atoms with van der Waals surface area (Å²) in [6.07, 6.45) is -0.613. The molecule has 194 valence electrons. The van der Waals surface area contributed by atoms with Gasteiger partial charge in [-0.2, -0.15) is 13.2 Å². The van der Waals surface area contributed by atoms with Gasteiger partial charge in [-0.05, 0) is 77.4 Å². The van der Waals surface area contributed by atoms with E-state index in [1.165, 1.54) is 23.3 Å². The summed E-state index contributed by atoms with van der Waals surface area (Å²) in [5.41, 5.74) is 5.21. The maximum atomic E-state index is 15.2. The molecule has 0 saturated carbocycles. The lowest BCUT2D eigenvalue weighted by molar-refractivity contribution is -0.153. The number of benzene rings is 4. The van der Waals surface area contributed by atoms with Crippen LogP contribution in [0.25, 0.3) is 10.8 Å². The number of aryl methyl sites for hydroxylation is 4. The highest BCUT2D eigenvalue weighted by Gasteiger charge is 2.28. The number of alkyl halides is 3. The second kappa shape index (κ2) is 12.2. The van der Waals surface area contributed by atoms with E-state index in [2.05, 4.69) is 30.3 Å². The molecule has 4 aromatic carbocycles. The Bertz CT molecular complexity index is 1300. The summed E-state index contributed by atoms with van der Waals surface area (Å²) < 4.78 is 61.9. The third-order valence-corrected chi connectivity index (χ3v) is 6.43. The number of rotatable bonds is 11. The summed E-state index contributed by atoms with van der Waals surface area (Å²) in [5.74, 6) is -0.0614. The summed E-state index contributed by atoms with van der Waals surface area (Å²) in [6, 6.07) is 24.7. The second-order valence-corrected chi connectivity index (χ2v) is 9.20. The molecule has 0 aliphatic carbocycles. The monoisotopic (exact) mass is 510 g/mol. The Morgan fingerprint density at radius 2 is 1.22 bits per heavy atom. The lowest BCUT2D eigenvalue weighted by Crippen LogP contribution is -2.19. The van der Waals surface area contributed by atoms with Crippen molar-refractivity contribution in [3.05, 3.63) is 112 Å². The van der Waals surface area contributed by atoms with Crippen molar-refractivity contribution in [1.29, 1.82) is 0 Å². The molecule has 0 aliphatic heterocycles. The predicted octanol–water partition coefficient (Wildman–Crippen LogP) is 7.68. The standard InChI is InChI=1S/C31H30F4O2/c1-36-19-18-24-4-2-22(3-5-24)6-7-25-11-17-29-27(20-25)14-13-26(30(29)32)12-8-23-9-15-28(16-10-23)37-21-31(33,34)35/h2-5,9-11,13-17,20H,6-8,12,18-19,21H2,1H3. The average Bonchev–Trinajstić information content (AvgIpc) is 2.90. The molecule has 0 aliphatic rings. The van der Waals surface area contributed by atoms with E-state index in [4.69, 9.17) is 9.47 Å². The number of ether oxygens (including phenoxy) is 2. The minimum absolute atomic E-state index is 0.160. The van der Waals surface area contributed by atoms with Crippen LogP contribution in [0.15, 0.2) is 78.9 Å². The van der Waals surface area contributed by atoms with Crippen molar-refractivity contribution in [3.8, 4) is 5.75 Å². The van der Waals surface area contributed by atoms with E-state index in [0.717, 1.165) is 35.8 Å². The fourth-order valence-corrected chi connectivity index (χ4v) is 4.31. The van der Waals surface area contributed by atoms with E-state index in [1.807, 2.05) is 24.3 Å². The molecule has 0 unspecified atom stereocenters. The molecule has 0 aromatic heterocycles. The quantitative estimate of drug-likeness (QED) is 0.193. The van der Waals surface area contributed by atoms with Crippen molar-refractivity contribution >= 4 is 10.8 Å². The molecule has 6 heteroatoms. The number of methoxy groups -OCH3 is 1. The lowest BCUT2D eigenvalue weighted by atomic mass is 9.97. The van der Waals surface area contributed by atoms with Crippen LogP contribution in [0.2, 0.25) is 0 Å². The van der Waals surface area contributed by atoms with E-state index < -0.39 is 12.8 Å². The van der Waals surface area contributed by atoms with E-state index >= 15 is 4.39 Å². The van der Waals surface area contributed by atoms with Crippen molar-refractivity contribution in [2.75, 3.05) is 20.3 Å². The van der Waals surface area contributed by atoms with Gasteiger partial charge in [0.2, 0.25) is 0 Å². The highest BCUT2D eigenvalue weighted by Crippen LogP contribution is 2.25. The van der Waals surface area contributed by atoms with Gasteiger partial charge in [0.15, 0.2) is 6.61 Å². The first-order chi connectivity index (χ1) is 17.8. The molecular formula is C31H30F4O2. The van der Waals surface area contributed by atoms with Crippen LogP contribution in [-0.4, -0.2) is 26.5 Å². The topological polar surface area (TPSA) is 18.5 Å². The predicted molar refractivity (Wildman–Crippen MR) is 139 cm³/mol. The molecule has 0 heterocycles. The van der Waals surface area contributed by atoms with Gasteiger partial charge in [-0.1, -0.05) is 66.7 Å². The normalized spacial score (nSPS) is 11.7. The minimum atomic E-state index is -4.37. The average molecular weight is 511 g/mol. The molecule has 0 fully saturated rings. The molecule has 0 saturated heterocycles.